The van der Waals surface area contributed by atoms with Crippen LogP contribution in [0, 0.1) is 0 Å². The molecule has 0 radical (unpaired) electrons. The molecule has 0 atom stereocenters. The Bertz CT molecular complexity index is 510. The third-order valence-corrected chi connectivity index (χ3v) is 4.39. The highest BCUT2D eigenvalue weighted by Crippen LogP contribution is 2.28. The minimum Gasteiger partial charge on any atom is -0.369 e. The van der Waals surface area contributed by atoms with E-state index in [9.17, 15) is 14.4 Å². The number of primary amides is 2. The van der Waals surface area contributed by atoms with Gasteiger partial charge in [-0.3, -0.25) is 14.4 Å². The fourth-order valence-electron chi connectivity index (χ4n) is 1.20. The van der Waals surface area contributed by atoms with Crippen molar-refractivity contribution in [3.63, 3.8) is 0 Å². The van der Waals surface area contributed by atoms with Crippen LogP contribution < -0.4 is 11.5 Å². The molecule has 1 rings (SSSR count). The van der Waals surface area contributed by atoms with Gasteiger partial charge in [-0.05, 0) is 0 Å². The van der Waals surface area contributed by atoms with E-state index in [4.69, 9.17) is 11.5 Å². The maximum Gasteiger partial charge on any atom is 0.227 e. The highest BCUT2D eigenvalue weighted by atomic mass is 32.2. The molecule has 1 aromatic carbocycles. The molecule has 4 N–H and O–H groups in total. The predicted molar refractivity (Wildman–Crippen MR) is 82.2 cm³/mol. The number of hydrogen-bond acceptors (Lipinski definition) is 5. The summed E-state index contributed by atoms with van der Waals surface area (Å²) < 4.78 is 0.538. The first-order valence-corrected chi connectivity index (χ1v) is 7.59. The maximum atomic E-state index is 12.0. The zero-order chi connectivity index (χ0) is 15.0. The molecule has 0 heterocycles. The van der Waals surface area contributed by atoms with Crippen molar-refractivity contribution in [3.05, 3.63) is 46.2 Å². The van der Waals surface area contributed by atoms with Crippen LogP contribution in [0.2, 0.25) is 0 Å². The summed E-state index contributed by atoms with van der Waals surface area (Å²) in [4.78, 5) is 33.6. The van der Waals surface area contributed by atoms with Gasteiger partial charge in [-0.25, -0.2) is 0 Å². The number of hydrogen-bond donors (Lipinski definition) is 2. The van der Waals surface area contributed by atoms with Crippen LogP contribution in [0.4, 0.5) is 0 Å². The number of rotatable bonds is 8. The van der Waals surface area contributed by atoms with Gasteiger partial charge in [0.05, 0.1) is 11.5 Å². The van der Waals surface area contributed by atoms with Crippen LogP contribution in [0.25, 0.3) is 0 Å². The topological polar surface area (TPSA) is 103 Å². The van der Waals surface area contributed by atoms with Crippen molar-refractivity contribution in [3.8, 4) is 0 Å². The number of allylic oxidation sites excluding steroid dienone is 1. The highest BCUT2D eigenvalue weighted by Gasteiger charge is 2.09. The Morgan fingerprint density at radius 2 is 1.45 bits per heavy atom. The van der Waals surface area contributed by atoms with Gasteiger partial charge in [0.25, 0.3) is 0 Å². The molecule has 0 aliphatic rings. The van der Waals surface area contributed by atoms with Crippen LogP contribution in [0.15, 0.2) is 40.6 Å². The second-order valence-corrected chi connectivity index (χ2v) is 6.00. The average Bonchev–Trinajstić information content (AvgIpc) is 2.42. The first-order chi connectivity index (χ1) is 9.49. The van der Waals surface area contributed by atoms with Crippen LogP contribution in [0.1, 0.15) is 10.4 Å². The molecule has 0 spiro atoms. The Balaban J connectivity index is 2.79. The summed E-state index contributed by atoms with van der Waals surface area (Å²) in [7, 11) is 0. The highest BCUT2D eigenvalue weighted by molar-refractivity contribution is 8.22. The lowest BCUT2D eigenvalue weighted by Crippen LogP contribution is -2.14. The summed E-state index contributed by atoms with van der Waals surface area (Å²) in [6.45, 7) is 0. The molecular formula is C13H14N2O3S2. The molecule has 0 unspecified atom stereocenters. The molecule has 0 aromatic heterocycles. The summed E-state index contributed by atoms with van der Waals surface area (Å²) in [5.74, 6) is -1.10. The summed E-state index contributed by atoms with van der Waals surface area (Å²) >= 11 is 2.23. The van der Waals surface area contributed by atoms with Crippen LogP contribution in [-0.4, -0.2) is 29.1 Å². The van der Waals surface area contributed by atoms with Gasteiger partial charge in [0, 0.05) is 15.9 Å². The molecule has 2 amide bonds. The predicted octanol–water partition coefficient (Wildman–Crippen LogP) is 1.15. The van der Waals surface area contributed by atoms with Crippen molar-refractivity contribution in [2.24, 2.45) is 11.5 Å². The zero-order valence-corrected chi connectivity index (χ0v) is 12.2. The fourth-order valence-corrected chi connectivity index (χ4v) is 2.84. The monoisotopic (exact) mass is 310 g/mol. The Labute approximate surface area is 125 Å². The molecule has 0 fully saturated rings. The van der Waals surface area contributed by atoms with Gasteiger partial charge >= 0.3 is 0 Å². The minimum absolute atomic E-state index is 0.0413. The van der Waals surface area contributed by atoms with Gasteiger partial charge in [-0.2, -0.15) is 0 Å². The molecule has 0 bridgehead atoms. The van der Waals surface area contributed by atoms with Gasteiger partial charge < -0.3 is 11.5 Å². The number of nitrogens with two attached hydrogens (primary N) is 2. The second-order valence-electron chi connectivity index (χ2n) is 3.70. The lowest BCUT2D eigenvalue weighted by molar-refractivity contribution is -0.116. The molecule has 0 saturated heterocycles. The van der Waals surface area contributed by atoms with Crippen molar-refractivity contribution >= 4 is 41.1 Å². The third kappa shape index (κ3) is 6.44. The number of amides is 2. The van der Waals surface area contributed by atoms with E-state index in [1.165, 1.54) is 6.08 Å². The molecule has 0 saturated carbocycles. The van der Waals surface area contributed by atoms with E-state index < -0.39 is 11.8 Å². The van der Waals surface area contributed by atoms with E-state index in [0.29, 0.717) is 9.80 Å². The normalized spacial score (nSPS) is 9.80. The van der Waals surface area contributed by atoms with E-state index in [1.54, 1.807) is 24.3 Å². The van der Waals surface area contributed by atoms with E-state index in [-0.39, 0.29) is 17.3 Å². The van der Waals surface area contributed by atoms with Gasteiger partial charge in [0.2, 0.25) is 11.8 Å². The average molecular weight is 310 g/mol. The molecule has 0 aliphatic heterocycles. The number of carbonyl (C=O) groups excluding carboxylic acids is 3. The summed E-state index contributed by atoms with van der Waals surface area (Å²) in [6.07, 6.45) is 1.39. The van der Waals surface area contributed by atoms with Gasteiger partial charge in [0.1, 0.15) is 0 Å². The lowest BCUT2D eigenvalue weighted by atomic mass is 10.1. The Morgan fingerprint density at radius 1 is 0.950 bits per heavy atom. The number of carbonyl (C=O) groups is 3. The molecule has 7 heteroatoms. The number of thioether (sulfide) groups is 2. The van der Waals surface area contributed by atoms with Crippen molar-refractivity contribution in [1.82, 2.24) is 0 Å². The quantitative estimate of drug-likeness (QED) is 0.554. The second kappa shape index (κ2) is 8.44. The largest absolute Gasteiger partial charge is 0.369 e. The third-order valence-electron chi connectivity index (χ3n) is 2.02. The number of benzene rings is 1. The Kier molecular flexibility index (Phi) is 6.89. The summed E-state index contributed by atoms with van der Waals surface area (Å²) in [5.41, 5.74) is 10.7. The maximum absolute atomic E-state index is 12.0. The molecular weight excluding hydrogens is 296 g/mol. The van der Waals surface area contributed by atoms with E-state index in [0.717, 1.165) is 23.5 Å². The van der Waals surface area contributed by atoms with Gasteiger partial charge in [-0.1, -0.05) is 30.3 Å². The summed E-state index contributed by atoms with van der Waals surface area (Å²) in [6, 6.07) is 8.70. The van der Waals surface area contributed by atoms with Crippen molar-refractivity contribution in [1.29, 1.82) is 0 Å². The summed E-state index contributed by atoms with van der Waals surface area (Å²) in [5, 5.41) is 0. The molecule has 1 aromatic rings. The van der Waals surface area contributed by atoms with Crippen molar-refractivity contribution < 1.29 is 14.4 Å². The first kappa shape index (κ1) is 16.3. The Morgan fingerprint density at radius 3 is 1.90 bits per heavy atom. The van der Waals surface area contributed by atoms with Crippen LogP contribution in [-0.2, 0) is 9.59 Å². The zero-order valence-electron chi connectivity index (χ0n) is 10.6. The molecule has 106 valence electrons. The van der Waals surface area contributed by atoms with Crippen LogP contribution >= 0.6 is 23.5 Å². The fraction of sp³-hybridized carbons (Fsp3) is 0.154. The SMILES string of the molecule is NC(=O)CSC(=CC(=O)c1ccccc1)SCC(N)=O. The Hall–Kier alpha value is -1.73. The standard InChI is InChI=1S/C13H14N2O3S2/c14-11(17)7-19-13(20-8-12(15)18)6-10(16)9-4-2-1-3-5-9/h1-6H,7-8H2,(H2,14,17)(H2,15,18). The minimum atomic E-state index is -0.493. The lowest BCUT2D eigenvalue weighted by Gasteiger charge is -2.04. The van der Waals surface area contributed by atoms with E-state index in [2.05, 4.69) is 0 Å². The van der Waals surface area contributed by atoms with Crippen LogP contribution in [0.5, 0.6) is 0 Å². The van der Waals surface area contributed by atoms with Crippen molar-refractivity contribution in [2.45, 2.75) is 0 Å². The van der Waals surface area contributed by atoms with Gasteiger partial charge in [0.15, 0.2) is 5.78 Å². The molecule has 5 nitrogen and oxygen atoms in total. The first-order valence-electron chi connectivity index (χ1n) is 5.62. The smallest absolute Gasteiger partial charge is 0.227 e. The van der Waals surface area contributed by atoms with E-state index >= 15 is 0 Å². The van der Waals surface area contributed by atoms with Crippen molar-refractivity contribution in [2.75, 3.05) is 11.5 Å². The van der Waals surface area contributed by atoms with E-state index in [1.807, 2.05) is 6.07 Å². The van der Waals surface area contributed by atoms with Gasteiger partial charge in [-0.15, -0.1) is 23.5 Å². The molecule has 0 aliphatic carbocycles. The number of ketones is 1. The van der Waals surface area contributed by atoms with Crippen LogP contribution in [0.3, 0.4) is 0 Å². The molecule has 20 heavy (non-hydrogen) atoms.